The highest BCUT2D eigenvalue weighted by Crippen LogP contribution is 2.21. The van der Waals surface area contributed by atoms with Gasteiger partial charge in [-0.15, -0.1) is 0 Å². The third kappa shape index (κ3) is 5.19. The molecule has 0 fully saturated rings. The van der Waals surface area contributed by atoms with Crippen LogP contribution in [-0.2, 0) is 20.7 Å². The highest BCUT2D eigenvalue weighted by atomic mass is 16.5. The Morgan fingerprint density at radius 2 is 2.00 bits per heavy atom. The summed E-state index contributed by atoms with van der Waals surface area (Å²) in [7, 11) is 1.80. The summed E-state index contributed by atoms with van der Waals surface area (Å²) in [6.45, 7) is 5.80. The molecule has 2 N–H and O–H groups in total. The van der Waals surface area contributed by atoms with Crippen molar-refractivity contribution in [2.45, 2.75) is 39.3 Å². The normalized spacial score (nSPS) is 17.5. The van der Waals surface area contributed by atoms with Gasteiger partial charge in [-0.2, -0.15) is 0 Å². The molecule has 0 saturated carbocycles. The zero-order valence-corrected chi connectivity index (χ0v) is 13.1. The molecule has 0 radical (unpaired) electrons. The summed E-state index contributed by atoms with van der Waals surface area (Å²) in [6.07, 6.45) is 0.920. The fourth-order valence-electron chi connectivity index (χ4n) is 2.17. The second kappa shape index (κ2) is 7.78. The number of fused-ring (bicyclic) bond motifs is 1. The zero-order chi connectivity index (χ0) is 16.0. The Kier molecular flexibility index (Phi) is 6.37. The second-order valence-electron chi connectivity index (χ2n) is 5.34. The van der Waals surface area contributed by atoms with Crippen LogP contribution in [0.25, 0.3) is 0 Å². The van der Waals surface area contributed by atoms with Gasteiger partial charge in [0.05, 0.1) is 6.10 Å². The van der Waals surface area contributed by atoms with Crippen molar-refractivity contribution in [3.05, 3.63) is 35.4 Å². The van der Waals surface area contributed by atoms with E-state index < -0.39 is 6.04 Å². The van der Waals surface area contributed by atoms with Gasteiger partial charge in [0.15, 0.2) is 0 Å². The number of amides is 1. The molecule has 2 rings (SSSR count). The molecule has 0 aliphatic carbocycles. The maximum atomic E-state index is 11.7. The molecule has 21 heavy (non-hydrogen) atoms. The number of nitrogens with two attached hydrogens (primary N) is 1. The van der Waals surface area contributed by atoms with Crippen molar-refractivity contribution in [3.63, 3.8) is 0 Å². The standard InChI is InChI=1S/C11H14N2O.C5H10O2/c1-13-7-6-8-4-2-3-5-9(8)10(12)11(13)14;1-4(2)7-5(3)6/h2-5,10H,6-7,12H2,1H3;4H,1-3H3. The van der Waals surface area contributed by atoms with E-state index in [9.17, 15) is 9.59 Å². The lowest BCUT2D eigenvalue weighted by molar-refractivity contribution is -0.144. The molecule has 1 aliphatic heterocycles. The monoisotopic (exact) mass is 292 g/mol. The summed E-state index contributed by atoms with van der Waals surface area (Å²) >= 11 is 0. The Balaban J connectivity index is 0.000000270. The van der Waals surface area contributed by atoms with Gasteiger partial charge in [-0.05, 0) is 31.4 Å². The smallest absolute Gasteiger partial charge is 0.302 e. The van der Waals surface area contributed by atoms with E-state index >= 15 is 0 Å². The number of rotatable bonds is 1. The molecule has 1 amide bonds. The van der Waals surface area contributed by atoms with E-state index in [1.54, 1.807) is 11.9 Å². The fraction of sp³-hybridized carbons (Fsp3) is 0.500. The van der Waals surface area contributed by atoms with Crippen LogP contribution >= 0.6 is 0 Å². The number of hydrogen-bond donors (Lipinski definition) is 1. The van der Waals surface area contributed by atoms with Crippen LogP contribution in [0.3, 0.4) is 0 Å². The van der Waals surface area contributed by atoms with E-state index in [-0.39, 0.29) is 18.0 Å². The van der Waals surface area contributed by atoms with Crippen LogP contribution in [-0.4, -0.2) is 36.5 Å². The lowest BCUT2D eigenvalue weighted by atomic mass is 10.00. The Morgan fingerprint density at radius 3 is 2.52 bits per heavy atom. The number of hydrogen-bond acceptors (Lipinski definition) is 4. The molecule has 1 aliphatic rings. The van der Waals surface area contributed by atoms with Gasteiger partial charge in [0.2, 0.25) is 5.91 Å². The maximum absolute atomic E-state index is 11.7. The third-order valence-corrected chi connectivity index (χ3v) is 3.15. The highest BCUT2D eigenvalue weighted by Gasteiger charge is 2.25. The molecule has 0 aromatic heterocycles. The summed E-state index contributed by atoms with van der Waals surface area (Å²) < 4.78 is 4.61. The summed E-state index contributed by atoms with van der Waals surface area (Å²) in [5.74, 6) is -0.204. The van der Waals surface area contributed by atoms with Crippen molar-refractivity contribution in [2.24, 2.45) is 5.73 Å². The van der Waals surface area contributed by atoms with Crippen LogP contribution in [0, 0.1) is 0 Å². The first kappa shape index (κ1) is 17.2. The molecule has 0 saturated heterocycles. The van der Waals surface area contributed by atoms with Crippen molar-refractivity contribution in [1.82, 2.24) is 4.90 Å². The van der Waals surface area contributed by atoms with E-state index in [0.717, 1.165) is 18.5 Å². The number of likely N-dealkylation sites (N-methyl/N-ethyl adjacent to an activating group) is 1. The highest BCUT2D eigenvalue weighted by molar-refractivity contribution is 5.83. The summed E-state index contributed by atoms with van der Waals surface area (Å²) in [4.78, 5) is 23.4. The van der Waals surface area contributed by atoms with Gasteiger partial charge in [0, 0.05) is 20.5 Å². The van der Waals surface area contributed by atoms with Gasteiger partial charge in [-0.3, -0.25) is 9.59 Å². The summed E-state index contributed by atoms with van der Waals surface area (Å²) in [6, 6.07) is 7.41. The summed E-state index contributed by atoms with van der Waals surface area (Å²) in [5, 5.41) is 0. The van der Waals surface area contributed by atoms with E-state index in [2.05, 4.69) is 4.74 Å². The number of nitrogens with zero attached hydrogens (tertiary/aromatic N) is 1. The van der Waals surface area contributed by atoms with Crippen molar-refractivity contribution >= 4 is 11.9 Å². The Bertz CT molecular complexity index is 500. The molecule has 116 valence electrons. The number of carbonyl (C=O) groups excluding carboxylic acids is 2. The number of carbonyl (C=O) groups is 2. The van der Waals surface area contributed by atoms with Crippen molar-refractivity contribution < 1.29 is 14.3 Å². The number of benzene rings is 1. The maximum Gasteiger partial charge on any atom is 0.302 e. The molecule has 1 aromatic rings. The van der Waals surface area contributed by atoms with Crippen LogP contribution in [0.4, 0.5) is 0 Å². The fourth-order valence-corrected chi connectivity index (χ4v) is 2.17. The molecule has 1 unspecified atom stereocenters. The molecule has 0 spiro atoms. The molecule has 5 nitrogen and oxygen atoms in total. The Labute approximate surface area is 126 Å². The van der Waals surface area contributed by atoms with Gasteiger partial charge < -0.3 is 15.4 Å². The van der Waals surface area contributed by atoms with E-state index in [1.807, 2.05) is 38.1 Å². The van der Waals surface area contributed by atoms with E-state index in [4.69, 9.17) is 5.73 Å². The van der Waals surface area contributed by atoms with Crippen LogP contribution < -0.4 is 5.73 Å². The van der Waals surface area contributed by atoms with Gasteiger partial charge in [-0.25, -0.2) is 0 Å². The minimum Gasteiger partial charge on any atom is -0.463 e. The molecular weight excluding hydrogens is 268 g/mol. The van der Waals surface area contributed by atoms with Crippen molar-refractivity contribution in [2.75, 3.05) is 13.6 Å². The topological polar surface area (TPSA) is 72.6 Å². The largest absolute Gasteiger partial charge is 0.463 e. The SMILES string of the molecule is CC(=O)OC(C)C.CN1CCc2ccccc2C(N)C1=O. The Hall–Kier alpha value is -1.88. The van der Waals surface area contributed by atoms with E-state index in [0.29, 0.717) is 0 Å². The lowest BCUT2D eigenvalue weighted by Gasteiger charge is -2.16. The van der Waals surface area contributed by atoms with Gasteiger partial charge in [0.1, 0.15) is 6.04 Å². The average Bonchev–Trinajstić information content (AvgIpc) is 2.51. The van der Waals surface area contributed by atoms with E-state index in [1.165, 1.54) is 12.5 Å². The number of esters is 1. The quantitative estimate of drug-likeness (QED) is 0.799. The van der Waals surface area contributed by atoms with Gasteiger partial charge in [0.25, 0.3) is 0 Å². The molecule has 1 aromatic carbocycles. The molecular formula is C16H24N2O3. The van der Waals surface area contributed by atoms with Crippen LogP contribution in [0.2, 0.25) is 0 Å². The molecule has 0 bridgehead atoms. The van der Waals surface area contributed by atoms with Crippen LogP contribution in [0.15, 0.2) is 24.3 Å². The lowest BCUT2D eigenvalue weighted by Crippen LogP contribution is -2.34. The third-order valence-electron chi connectivity index (χ3n) is 3.15. The van der Waals surface area contributed by atoms with Crippen molar-refractivity contribution in [1.29, 1.82) is 0 Å². The van der Waals surface area contributed by atoms with Crippen LogP contribution in [0.5, 0.6) is 0 Å². The molecule has 1 atom stereocenters. The molecule has 1 heterocycles. The van der Waals surface area contributed by atoms with Crippen LogP contribution in [0.1, 0.15) is 37.9 Å². The average molecular weight is 292 g/mol. The first-order chi connectivity index (χ1) is 9.82. The predicted octanol–water partition coefficient (Wildman–Crippen LogP) is 1.66. The first-order valence-electron chi connectivity index (χ1n) is 7.08. The predicted molar refractivity (Wildman–Crippen MR) is 81.6 cm³/mol. The second-order valence-corrected chi connectivity index (χ2v) is 5.34. The Morgan fingerprint density at radius 1 is 1.38 bits per heavy atom. The van der Waals surface area contributed by atoms with Gasteiger partial charge in [-0.1, -0.05) is 24.3 Å². The zero-order valence-electron chi connectivity index (χ0n) is 13.1. The minimum atomic E-state index is -0.487. The van der Waals surface area contributed by atoms with Crippen molar-refractivity contribution in [3.8, 4) is 0 Å². The minimum absolute atomic E-state index is 0.00921. The molecule has 5 heteroatoms. The summed E-state index contributed by atoms with van der Waals surface area (Å²) in [5.41, 5.74) is 8.06. The number of ether oxygens (including phenoxy) is 1. The first-order valence-corrected chi connectivity index (χ1v) is 7.08. The van der Waals surface area contributed by atoms with Gasteiger partial charge >= 0.3 is 5.97 Å².